The maximum atomic E-state index is 3.59. The minimum absolute atomic E-state index is 0.214. The summed E-state index contributed by atoms with van der Waals surface area (Å²) in [5.74, 6) is 0. The Labute approximate surface area is 125 Å². The molecule has 2 N–H and O–H groups in total. The maximum absolute atomic E-state index is 3.59. The van der Waals surface area contributed by atoms with Gasteiger partial charge in [-0.25, -0.2) is 0 Å². The molecule has 0 amide bonds. The molecule has 0 aliphatic heterocycles. The van der Waals surface area contributed by atoms with Gasteiger partial charge in [0.1, 0.15) is 0 Å². The van der Waals surface area contributed by atoms with Gasteiger partial charge in [0.15, 0.2) is 0 Å². The normalized spacial score (nSPS) is 12.7. The summed E-state index contributed by atoms with van der Waals surface area (Å²) in [7, 11) is 0. The van der Waals surface area contributed by atoms with Gasteiger partial charge in [-0.3, -0.25) is 0 Å². The zero-order valence-corrected chi connectivity index (χ0v) is 14.1. The average molecular weight is 276 g/mol. The standard InChI is InChI=1S/C18H32N2/c1-7-17(3,4)19-13-15-9-11-16(12-10-15)14-20-18(5,6)8-2/h9-12,19-20H,7-8,13-14H2,1-6H3. The fraction of sp³-hybridized carbons (Fsp3) is 0.667. The largest absolute Gasteiger partial charge is 0.308 e. The molecule has 0 aliphatic rings. The molecule has 0 saturated carbocycles. The van der Waals surface area contributed by atoms with Gasteiger partial charge in [-0.15, -0.1) is 0 Å². The molecule has 0 bridgehead atoms. The molecule has 1 aromatic rings. The highest BCUT2D eigenvalue weighted by atomic mass is 15.0. The van der Waals surface area contributed by atoms with E-state index in [9.17, 15) is 0 Å². The number of benzene rings is 1. The van der Waals surface area contributed by atoms with Crippen molar-refractivity contribution in [1.82, 2.24) is 10.6 Å². The highest BCUT2D eigenvalue weighted by Crippen LogP contribution is 2.12. The lowest BCUT2D eigenvalue weighted by Crippen LogP contribution is -2.38. The van der Waals surface area contributed by atoms with Gasteiger partial charge in [-0.1, -0.05) is 38.1 Å². The summed E-state index contributed by atoms with van der Waals surface area (Å²) in [6, 6.07) is 8.92. The third kappa shape index (κ3) is 6.06. The molecule has 0 aliphatic carbocycles. The van der Waals surface area contributed by atoms with Crippen LogP contribution in [0.15, 0.2) is 24.3 Å². The van der Waals surface area contributed by atoms with E-state index in [0.717, 1.165) is 25.9 Å². The lowest BCUT2D eigenvalue weighted by atomic mass is 10.0. The zero-order chi connectivity index (χ0) is 15.2. The summed E-state index contributed by atoms with van der Waals surface area (Å²) in [4.78, 5) is 0. The van der Waals surface area contributed by atoms with Crippen molar-refractivity contribution in [3.05, 3.63) is 35.4 Å². The second-order valence-corrected chi connectivity index (χ2v) is 7.00. The second-order valence-electron chi connectivity index (χ2n) is 7.00. The van der Waals surface area contributed by atoms with Crippen molar-refractivity contribution >= 4 is 0 Å². The Hall–Kier alpha value is -0.860. The fourth-order valence-electron chi connectivity index (χ4n) is 1.71. The average Bonchev–Trinajstić information content (AvgIpc) is 2.44. The molecule has 0 heterocycles. The second kappa shape index (κ2) is 7.24. The molecule has 0 unspecified atom stereocenters. The molecule has 0 aromatic heterocycles. The van der Waals surface area contributed by atoms with Gasteiger partial charge >= 0.3 is 0 Å². The predicted octanol–water partition coefficient (Wildman–Crippen LogP) is 4.24. The first-order valence-corrected chi connectivity index (χ1v) is 7.86. The van der Waals surface area contributed by atoms with Crippen LogP contribution >= 0.6 is 0 Å². The van der Waals surface area contributed by atoms with Gasteiger partial charge in [-0.05, 0) is 51.7 Å². The number of hydrogen-bond donors (Lipinski definition) is 2. The van der Waals surface area contributed by atoms with E-state index in [1.165, 1.54) is 11.1 Å². The van der Waals surface area contributed by atoms with Crippen LogP contribution in [0.1, 0.15) is 65.5 Å². The van der Waals surface area contributed by atoms with Gasteiger partial charge in [0.05, 0.1) is 0 Å². The van der Waals surface area contributed by atoms with Crippen LogP contribution in [0.4, 0.5) is 0 Å². The molecular formula is C18H32N2. The van der Waals surface area contributed by atoms with Crippen molar-refractivity contribution in [1.29, 1.82) is 0 Å². The molecular weight excluding hydrogens is 244 g/mol. The van der Waals surface area contributed by atoms with Crippen LogP contribution in [-0.4, -0.2) is 11.1 Å². The lowest BCUT2D eigenvalue weighted by Gasteiger charge is -2.25. The Morgan fingerprint density at radius 2 is 1.00 bits per heavy atom. The molecule has 0 atom stereocenters. The van der Waals surface area contributed by atoms with Crippen molar-refractivity contribution < 1.29 is 0 Å². The molecule has 20 heavy (non-hydrogen) atoms. The van der Waals surface area contributed by atoms with Crippen molar-refractivity contribution in [2.45, 2.75) is 78.6 Å². The third-order valence-electron chi connectivity index (χ3n) is 4.33. The molecule has 0 radical (unpaired) electrons. The summed E-state index contributed by atoms with van der Waals surface area (Å²) < 4.78 is 0. The van der Waals surface area contributed by atoms with E-state index in [0.29, 0.717) is 0 Å². The molecule has 1 rings (SSSR count). The summed E-state index contributed by atoms with van der Waals surface area (Å²) in [5.41, 5.74) is 3.13. The zero-order valence-electron chi connectivity index (χ0n) is 14.1. The predicted molar refractivity (Wildman–Crippen MR) is 88.9 cm³/mol. The highest BCUT2D eigenvalue weighted by molar-refractivity contribution is 5.22. The van der Waals surface area contributed by atoms with E-state index >= 15 is 0 Å². The maximum Gasteiger partial charge on any atom is 0.0210 e. The van der Waals surface area contributed by atoms with Crippen LogP contribution in [0.5, 0.6) is 0 Å². The molecule has 114 valence electrons. The van der Waals surface area contributed by atoms with Crippen LogP contribution in [0.25, 0.3) is 0 Å². The number of rotatable bonds is 8. The molecule has 2 nitrogen and oxygen atoms in total. The summed E-state index contributed by atoms with van der Waals surface area (Å²) in [6.07, 6.45) is 2.28. The van der Waals surface area contributed by atoms with E-state index in [4.69, 9.17) is 0 Å². The first-order valence-electron chi connectivity index (χ1n) is 7.86. The molecule has 1 aromatic carbocycles. The quantitative estimate of drug-likeness (QED) is 0.742. The number of nitrogens with one attached hydrogen (secondary N) is 2. The van der Waals surface area contributed by atoms with Gasteiger partial charge < -0.3 is 10.6 Å². The fourth-order valence-corrected chi connectivity index (χ4v) is 1.71. The Morgan fingerprint density at radius 3 is 1.25 bits per heavy atom. The monoisotopic (exact) mass is 276 g/mol. The van der Waals surface area contributed by atoms with E-state index in [-0.39, 0.29) is 11.1 Å². The Kier molecular flexibility index (Phi) is 6.22. The van der Waals surface area contributed by atoms with Gasteiger partial charge in [-0.2, -0.15) is 0 Å². The Bertz CT molecular complexity index is 351. The third-order valence-corrected chi connectivity index (χ3v) is 4.33. The van der Waals surface area contributed by atoms with Crippen LogP contribution in [0.2, 0.25) is 0 Å². The SMILES string of the molecule is CCC(C)(C)NCc1ccc(CNC(C)(C)CC)cc1. The van der Waals surface area contributed by atoms with E-state index in [2.05, 4.69) is 76.4 Å². The van der Waals surface area contributed by atoms with E-state index in [1.807, 2.05) is 0 Å². The minimum Gasteiger partial charge on any atom is -0.308 e. The summed E-state index contributed by atoms with van der Waals surface area (Å²) >= 11 is 0. The minimum atomic E-state index is 0.214. The van der Waals surface area contributed by atoms with Crippen LogP contribution < -0.4 is 10.6 Å². The topological polar surface area (TPSA) is 24.1 Å². The number of hydrogen-bond acceptors (Lipinski definition) is 2. The molecule has 2 heteroatoms. The van der Waals surface area contributed by atoms with Crippen LogP contribution in [-0.2, 0) is 13.1 Å². The van der Waals surface area contributed by atoms with Crippen molar-refractivity contribution in [2.24, 2.45) is 0 Å². The van der Waals surface area contributed by atoms with E-state index in [1.54, 1.807) is 0 Å². The van der Waals surface area contributed by atoms with Gasteiger partial charge in [0.25, 0.3) is 0 Å². The van der Waals surface area contributed by atoms with Crippen LogP contribution in [0.3, 0.4) is 0 Å². The molecule has 0 saturated heterocycles. The smallest absolute Gasteiger partial charge is 0.0210 e. The van der Waals surface area contributed by atoms with Crippen LogP contribution in [0, 0.1) is 0 Å². The first kappa shape index (κ1) is 17.2. The molecule has 0 fully saturated rings. The molecule has 0 spiro atoms. The summed E-state index contributed by atoms with van der Waals surface area (Å²) in [5, 5.41) is 7.19. The Morgan fingerprint density at radius 1 is 0.700 bits per heavy atom. The van der Waals surface area contributed by atoms with Crippen molar-refractivity contribution in [2.75, 3.05) is 0 Å². The first-order chi connectivity index (χ1) is 9.28. The van der Waals surface area contributed by atoms with Crippen molar-refractivity contribution in [3.8, 4) is 0 Å². The van der Waals surface area contributed by atoms with Gasteiger partial charge in [0, 0.05) is 24.2 Å². The van der Waals surface area contributed by atoms with E-state index < -0.39 is 0 Å². The summed E-state index contributed by atoms with van der Waals surface area (Å²) in [6.45, 7) is 15.3. The van der Waals surface area contributed by atoms with Gasteiger partial charge in [0.2, 0.25) is 0 Å². The van der Waals surface area contributed by atoms with Crippen molar-refractivity contribution in [3.63, 3.8) is 0 Å². The lowest BCUT2D eigenvalue weighted by molar-refractivity contribution is 0.373. The highest BCUT2D eigenvalue weighted by Gasteiger charge is 2.14. The Balaban J connectivity index is 2.48.